The summed E-state index contributed by atoms with van der Waals surface area (Å²) in [6.45, 7) is 0. The van der Waals surface area contributed by atoms with Gasteiger partial charge in [-0.1, -0.05) is 163 Å². The lowest BCUT2D eigenvalue weighted by molar-refractivity contribution is 0.669. The van der Waals surface area contributed by atoms with Gasteiger partial charge in [-0.25, -0.2) is 0 Å². The van der Waals surface area contributed by atoms with Crippen LogP contribution in [0.2, 0.25) is 0 Å². The van der Waals surface area contributed by atoms with Crippen molar-refractivity contribution in [3.8, 4) is 56.7 Å². The Morgan fingerprint density at radius 2 is 0.873 bits per heavy atom. The van der Waals surface area contributed by atoms with E-state index in [4.69, 9.17) is 41.3 Å². The summed E-state index contributed by atoms with van der Waals surface area (Å²) in [4.78, 5) is 14.6. The van der Waals surface area contributed by atoms with Crippen LogP contribution in [-0.4, -0.2) is 24.1 Å². The molecule has 0 radical (unpaired) electrons. The molecular weight excluding hydrogens is 771 g/mol. The fourth-order valence-corrected chi connectivity index (χ4v) is 7.85. The number of para-hydroxylation sites is 3. The third-order valence-electron chi connectivity index (χ3n) is 10.7. The van der Waals surface area contributed by atoms with Crippen molar-refractivity contribution in [1.82, 2.24) is 24.1 Å². The second kappa shape index (κ2) is 14.0. The minimum Gasteiger partial charge on any atom is -0.456 e. The quantitative estimate of drug-likeness (QED) is 0.167. The van der Waals surface area contributed by atoms with Crippen LogP contribution in [0.1, 0.15) is 32.9 Å². The number of hydrogen-bond donors (Lipinski definition) is 0. The number of furan rings is 1. The first-order valence-corrected chi connectivity index (χ1v) is 19.2. The Morgan fingerprint density at radius 1 is 0.349 bits per heavy atom. The Morgan fingerprint density at radius 3 is 1.52 bits per heavy atom. The molecule has 0 fully saturated rings. The maximum atomic E-state index is 10.1. The monoisotopic (exact) mass is 829 g/mol. The lowest BCUT2D eigenvalue weighted by atomic mass is 10.0. The molecule has 0 saturated heterocycles. The largest absolute Gasteiger partial charge is 0.456 e. The van der Waals surface area contributed by atoms with Gasteiger partial charge in [0.2, 0.25) is 11.9 Å². The first kappa shape index (κ1) is 19.0. The zero-order valence-corrected chi connectivity index (χ0v) is 32.0. The highest BCUT2D eigenvalue weighted by molar-refractivity contribution is 6.12. The Hall–Kier alpha value is -8.61. The molecule has 13 aromatic rings. The summed E-state index contributed by atoms with van der Waals surface area (Å²) in [5.74, 6) is -1.72. The minimum absolute atomic E-state index is 0.147. The van der Waals surface area contributed by atoms with Gasteiger partial charge in [0, 0.05) is 37.9 Å². The first-order valence-electron chi connectivity index (χ1n) is 31.2. The predicted octanol–water partition coefficient (Wildman–Crippen LogP) is 14.6. The molecular formula is C57H35N5O. The number of aromatic nitrogens is 5. The van der Waals surface area contributed by atoms with Crippen LogP contribution < -0.4 is 0 Å². The molecule has 0 amide bonds. The summed E-state index contributed by atoms with van der Waals surface area (Å²) in [6, 6.07) is -0.723. The van der Waals surface area contributed by atoms with Crippen molar-refractivity contribution in [2.75, 3.05) is 0 Å². The standard InChI is InChI=1S/C57H35N5O/c1-3-14-36(15-4-1)39-26-29-45-46-30-27-40(37-16-5-2-6-17-37)34-52(46)62(51(45)33-39)57-59-55(58-56(60-57)61-49-23-10-7-20-43(49)44-21-8-11-24-50(44)61)42-19-13-18-38(32-42)41-28-31-48-47-22-9-12-25-53(47)63-54(48)35-41/h1-35H/i1D,2D,3D,4D,5D,6D,7D,8D,10D,11D,14D,15D,16D,17D,20D,21D,23D,24D,26D,27D,29D,30D,33D,34D. The number of rotatable bonds is 6. The molecule has 13 rings (SSSR count). The maximum absolute atomic E-state index is 10.1. The van der Waals surface area contributed by atoms with Gasteiger partial charge in [-0.05, 0) is 81.8 Å². The lowest BCUT2D eigenvalue weighted by Gasteiger charge is -2.14. The molecule has 0 N–H and O–H groups in total. The number of fused-ring (bicyclic) bond motifs is 9. The van der Waals surface area contributed by atoms with E-state index in [-0.39, 0.29) is 22.2 Å². The van der Waals surface area contributed by atoms with Gasteiger partial charge in [-0.3, -0.25) is 9.13 Å². The van der Waals surface area contributed by atoms with Gasteiger partial charge in [-0.2, -0.15) is 15.0 Å². The molecule has 4 aromatic heterocycles. The van der Waals surface area contributed by atoms with E-state index < -0.39 is 212 Å². The lowest BCUT2D eigenvalue weighted by Crippen LogP contribution is -2.10. The summed E-state index contributed by atoms with van der Waals surface area (Å²) >= 11 is 0. The fourth-order valence-electron chi connectivity index (χ4n) is 7.85. The third-order valence-corrected chi connectivity index (χ3v) is 10.7. The SMILES string of the molecule is [2H]c1c([2H])c([2H])c(-c2c([2H])c([2H])c3c4c([2H])c([2H])c(-c5c([2H])c([2H])c([2H])c([2H])c5[2H])c([2H])c4n(-c4nc(-c5cccc(-c6ccc7c(c6)oc6ccccc67)c5)nc(-n5c6c([2H])c([2H])c([2H])c([2H])c6c6c([2H])c([2H])c([2H])c([2H])c65)n4)c3c2[2H])c([2H])c1[2H]. The molecule has 294 valence electrons. The van der Waals surface area contributed by atoms with Gasteiger partial charge in [0.1, 0.15) is 11.2 Å². The summed E-state index contributed by atoms with van der Waals surface area (Å²) in [5.41, 5.74) is -2.59. The average Bonchev–Trinajstić information content (AvgIpc) is 1.60. The van der Waals surface area contributed by atoms with Crippen LogP contribution in [0.5, 0.6) is 0 Å². The van der Waals surface area contributed by atoms with Crippen molar-refractivity contribution in [2.45, 2.75) is 0 Å². The molecule has 0 bridgehead atoms. The predicted molar refractivity (Wildman–Crippen MR) is 258 cm³/mol. The topological polar surface area (TPSA) is 61.7 Å². The van der Waals surface area contributed by atoms with E-state index in [0.717, 1.165) is 19.9 Å². The summed E-state index contributed by atoms with van der Waals surface area (Å²) < 4.78 is 226. The molecule has 0 aliphatic rings. The number of hydrogen-bond acceptors (Lipinski definition) is 4. The Bertz CT molecular complexity index is 5080. The molecule has 6 heteroatoms. The highest BCUT2D eigenvalue weighted by atomic mass is 16.3. The van der Waals surface area contributed by atoms with Crippen molar-refractivity contribution >= 4 is 65.6 Å². The van der Waals surface area contributed by atoms with Crippen molar-refractivity contribution in [3.05, 3.63) is 212 Å². The Kier molecular flexibility index (Phi) is 4.21. The van der Waals surface area contributed by atoms with Crippen molar-refractivity contribution in [3.63, 3.8) is 0 Å². The normalized spacial score (nSPS) is 17.1. The average molecular weight is 830 g/mol. The van der Waals surface area contributed by atoms with Gasteiger partial charge in [0.05, 0.1) is 55.0 Å². The van der Waals surface area contributed by atoms with Crippen molar-refractivity contribution in [2.24, 2.45) is 0 Å². The number of benzene rings is 9. The highest BCUT2D eigenvalue weighted by Crippen LogP contribution is 2.39. The van der Waals surface area contributed by atoms with E-state index in [0.29, 0.717) is 22.3 Å². The van der Waals surface area contributed by atoms with Crippen LogP contribution >= 0.6 is 0 Å². The Balaban J connectivity index is 1.25. The van der Waals surface area contributed by atoms with E-state index in [9.17, 15) is 11.0 Å². The first-order chi connectivity index (χ1) is 41.2. The van der Waals surface area contributed by atoms with Crippen LogP contribution in [0.15, 0.2) is 216 Å². The zero-order chi connectivity index (χ0) is 62.3. The van der Waals surface area contributed by atoms with Crippen molar-refractivity contribution in [1.29, 1.82) is 0 Å². The molecule has 0 atom stereocenters. The summed E-state index contributed by atoms with van der Waals surface area (Å²) in [5, 5.41) is -0.167. The fraction of sp³-hybridized carbons (Fsp3) is 0. The van der Waals surface area contributed by atoms with E-state index in [1.165, 1.54) is 0 Å². The van der Waals surface area contributed by atoms with Gasteiger partial charge < -0.3 is 4.42 Å². The van der Waals surface area contributed by atoms with Crippen LogP contribution in [0.4, 0.5) is 0 Å². The third kappa shape index (κ3) is 5.69. The highest BCUT2D eigenvalue weighted by Gasteiger charge is 2.22. The molecule has 4 heterocycles. The molecule has 0 aliphatic heterocycles. The molecule has 0 saturated carbocycles. The maximum Gasteiger partial charge on any atom is 0.240 e. The van der Waals surface area contributed by atoms with E-state index in [2.05, 4.69) is 0 Å². The second-order valence-corrected chi connectivity index (χ2v) is 14.2. The molecule has 9 aromatic carbocycles. The van der Waals surface area contributed by atoms with Gasteiger partial charge >= 0.3 is 0 Å². The van der Waals surface area contributed by atoms with Crippen LogP contribution in [0.25, 0.3) is 122 Å². The Labute approximate surface area is 395 Å². The smallest absolute Gasteiger partial charge is 0.240 e. The van der Waals surface area contributed by atoms with Gasteiger partial charge in [-0.15, -0.1) is 0 Å². The summed E-state index contributed by atoms with van der Waals surface area (Å²) in [6.07, 6.45) is 0. The van der Waals surface area contributed by atoms with E-state index in [1.807, 2.05) is 36.4 Å². The molecule has 6 nitrogen and oxygen atoms in total. The van der Waals surface area contributed by atoms with Gasteiger partial charge in [0.25, 0.3) is 0 Å². The molecule has 0 spiro atoms. The summed E-state index contributed by atoms with van der Waals surface area (Å²) in [7, 11) is 0. The van der Waals surface area contributed by atoms with Crippen LogP contribution in [0, 0.1) is 0 Å². The molecule has 63 heavy (non-hydrogen) atoms. The van der Waals surface area contributed by atoms with Crippen molar-refractivity contribution < 1.29 is 37.3 Å². The van der Waals surface area contributed by atoms with E-state index >= 15 is 0 Å². The minimum atomic E-state index is -0.916. The van der Waals surface area contributed by atoms with E-state index in [1.54, 1.807) is 30.3 Å². The van der Waals surface area contributed by atoms with Crippen LogP contribution in [0.3, 0.4) is 0 Å². The van der Waals surface area contributed by atoms with Gasteiger partial charge in [0.15, 0.2) is 5.82 Å². The molecule has 0 aliphatic carbocycles. The zero-order valence-electron chi connectivity index (χ0n) is 56.0. The molecule has 0 unspecified atom stereocenters. The number of nitrogens with zero attached hydrogens (tertiary/aromatic N) is 5. The second-order valence-electron chi connectivity index (χ2n) is 14.2. The van der Waals surface area contributed by atoms with Crippen LogP contribution in [-0.2, 0) is 0 Å².